The van der Waals surface area contributed by atoms with Gasteiger partial charge in [0.15, 0.2) is 5.13 Å². The van der Waals surface area contributed by atoms with Gasteiger partial charge >= 0.3 is 0 Å². The molecular weight excluding hydrogens is 377 g/mol. The lowest BCUT2D eigenvalue weighted by atomic mass is 10.3. The minimum Gasteiger partial charge on any atom is -0.492 e. The zero-order valence-corrected chi connectivity index (χ0v) is 15.6. The minimum atomic E-state index is -0.315. The lowest BCUT2D eigenvalue weighted by molar-refractivity contribution is -0.119. The van der Waals surface area contributed by atoms with Crippen molar-refractivity contribution >= 4 is 44.2 Å². The number of halogens is 2. The number of benzene rings is 2. The molecule has 0 aliphatic heterocycles. The van der Waals surface area contributed by atoms with Crippen LogP contribution in [0.2, 0.25) is 5.02 Å². The number of carbonyl (C=O) groups excluding carboxylic acids is 1. The molecule has 2 aromatic carbocycles. The molecule has 0 unspecified atom stereocenters. The highest BCUT2D eigenvalue weighted by Crippen LogP contribution is 2.32. The zero-order chi connectivity index (χ0) is 18.5. The van der Waals surface area contributed by atoms with E-state index in [9.17, 15) is 9.18 Å². The minimum absolute atomic E-state index is 0.138. The van der Waals surface area contributed by atoms with Gasteiger partial charge in [-0.1, -0.05) is 29.0 Å². The summed E-state index contributed by atoms with van der Waals surface area (Å²) in [6.07, 6.45) is 0. The van der Waals surface area contributed by atoms with Crippen LogP contribution in [0.15, 0.2) is 42.5 Å². The fraction of sp³-hybridized carbons (Fsp3) is 0.222. The number of likely N-dealkylation sites (N-methyl/N-ethyl adjacent to an activating group) is 1. The number of nitrogens with zero attached hydrogens (tertiary/aromatic N) is 2. The van der Waals surface area contributed by atoms with E-state index in [0.717, 1.165) is 15.3 Å². The Morgan fingerprint density at radius 1 is 1.31 bits per heavy atom. The van der Waals surface area contributed by atoms with Crippen molar-refractivity contribution in [3.05, 3.63) is 53.3 Å². The molecule has 5 nitrogen and oxygen atoms in total. The van der Waals surface area contributed by atoms with Gasteiger partial charge in [-0.3, -0.25) is 4.79 Å². The van der Waals surface area contributed by atoms with Crippen LogP contribution in [0.25, 0.3) is 10.2 Å². The lowest BCUT2D eigenvalue weighted by Gasteiger charge is -2.15. The quantitative estimate of drug-likeness (QED) is 0.621. The summed E-state index contributed by atoms with van der Waals surface area (Å²) in [6.45, 7) is 0.835. The predicted molar refractivity (Wildman–Crippen MR) is 103 cm³/mol. The second kappa shape index (κ2) is 8.33. The second-order valence-corrected chi connectivity index (χ2v) is 7.01. The summed E-state index contributed by atoms with van der Waals surface area (Å²) in [6, 6.07) is 11.4. The average molecular weight is 394 g/mol. The fourth-order valence-electron chi connectivity index (χ4n) is 2.30. The Labute approximate surface area is 159 Å². The van der Waals surface area contributed by atoms with Gasteiger partial charge in [0.2, 0.25) is 5.91 Å². The molecule has 0 aliphatic rings. The highest BCUT2D eigenvalue weighted by atomic mass is 35.5. The van der Waals surface area contributed by atoms with Gasteiger partial charge in [0.25, 0.3) is 0 Å². The number of ether oxygens (including phenoxy) is 1. The van der Waals surface area contributed by atoms with Crippen LogP contribution in [0.1, 0.15) is 0 Å². The van der Waals surface area contributed by atoms with E-state index in [0.29, 0.717) is 23.9 Å². The number of hydrogen-bond acceptors (Lipinski definition) is 5. The van der Waals surface area contributed by atoms with Gasteiger partial charge in [-0.05, 0) is 36.4 Å². The summed E-state index contributed by atoms with van der Waals surface area (Å²) < 4.78 is 19.2. The highest BCUT2D eigenvalue weighted by Gasteiger charge is 2.13. The normalized spacial score (nSPS) is 10.7. The van der Waals surface area contributed by atoms with Crippen LogP contribution in [0.5, 0.6) is 5.75 Å². The van der Waals surface area contributed by atoms with Crippen molar-refractivity contribution < 1.29 is 13.9 Å². The van der Waals surface area contributed by atoms with Crippen LogP contribution in [0.4, 0.5) is 9.52 Å². The Morgan fingerprint density at radius 3 is 2.81 bits per heavy atom. The van der Waals surface area contributed by atoms with E-state index < -0.39 is 0 Å². The first-order chi connectivity index (χ1) is 12.5. The zero-order valence-electron chi connectivity index (χ0n) is 14.0. The summed E-state index contributed by atoms with van der Waals surface area (Å²) >= 11 is 7.62. The van der Waals surface area contributed by atoms with Crippen molar-refractivity contribution in [1.29, 1.82) is 0 Å². The van der Waals surface area contributed by atoms with Gasteiger partial charge < -0.3 is 15.0 Å². The average Bonchev–Trinajstić information content (AvgIpc) is 3.06. The largest absolute Gasteiger partial charge is 0.492 e. The topological polar surface area (TPSA) is 54.5 Å². The van der Waals surface area contributed by atoms with E-state index in [4.69, 9.17) is 16.3 Å². The molecule has 0 bridgehead atoms. The molecule has 26 heavy (non-hydrogen) atoms. The summed E-state index contributed by atoms with van der Waals surface area (Å²) in [5, 5.41) is 4.11. The molecule has 0 aliphatic carbocycles. The molecule has 0 saturated heterocycles. The molecule has 136 valence electrons. The molecule has 0 fully saturated rings. The number of rotatable bonds is 7. The number of para-hydroxylation sites is 1. The third-order valence-electron chi connectivity index (χ3n) is 3.57. The molecule has 1 aromatic heterocycles. The number of carbonyl (C=O) groups is 1. The summed E-state index contributed by atoms with van der Waals surface area (Å²) in [5.74, 6) is 0.106. The molecule has 0 radical (unpaired) electrons. The van der Waals surface area contributed by atoms with E-state index in [2.05, 4.69) is 10.3 Å². The number of amides is 1. The monoisotopic (exact) mass is 393 g/mol. The summed E-state index contributed by atoms with van der Waals surface area (Å²) in [4.78, 5) is 18.3. The highest BCUT2D eigenvalue weighted by molar-refractivity contribution is 7.22. The summed E-state index contributed by atoms with van der Waals surface area (Å²) in [5.41, 5.74) is 0.745. The Hall–Kier alpha value is -2.38. The van der Waals surface area contributed by atoms with E-state index in [1.54, 1.807) is 30.1 Å². The third kappa shape index (κ3) is 4.62. The van der Waals surface area contributed by atoms with Crippen LogP contribution >= 0.6 is 22.9 Å². The second-order valence-electron chi connectivity index (χ2n) is 5.59. The molecule has 0 atom stereocenters. The van der Waals surface area contributed by atoms with Crippen molar-refractivity contribution in [3.63, 3.8) is 0 Å². The summed E-state index contributed by atoms with van der Waals surface area (Å²) in [7, 11) is 1.81. The predicted octanol–water partition coefficient (Wildman–Crippen LogP) is 3.72. The first-order valence-corrected chi connectivity index (χ1v) is 9.13. The van der Waals surface area contributed by atoms with Crippen molar-refractivity contribution in [2.75, 3.05) is 31.6 Å². The number of aromatic nitrogens is 1. The maximum absolute atomic E-state index is 12.8. The SMILES string of the molecule is CN(CC(=O)NCCOc1ccc(F)cc1)c1nc2c(Cl)cccc2s1. The number of thiazole rings is 1. The van der Waals surface area contributed by atoms with Crippen molar-refractivity contribution in [2.24, 2.45) is 0 Å². The van der Waals surface area contributed by atoms with E-state index in [1.165, 1.54) is 23.5 Å². The standard InChI is InChI=1S/C18H17ClFN3O2S/c1-23(18-22-17-14(19)3-2-4-15(17)26-18)11-16(24)21-9-10-25-13-7-5-12(20)6-8-13/h2-8H,9-11H2,1H3,(H,21,24). The lowest BCUT2D eigenvalue weighted by Crippen LogP contribution is -2.37. The molecule has 8 heteroatoms. The maximum Gasteiger partial charge on any atom is 0.239 e. The Balaban J connectivity index is 1.46. The molecule has 3 rings (SSSR count). The third-order valence-corrected chi connectivity index (χ3v) is 5.01. The van der Waals surface area contributed by atoms with Gasteiger partial charge in [0, 0.05) is 7.05 Å². The number of nitrogens with one attached hydrogen (secondary N) is 1. The molecule has 3 aromatic rings. The van der Waals surface area contributed by atoms with Crippen molar-refractivity contribution in [2.45, 2.75) is 0 Å². The number of hydrogen-bond donors (Lipinski definition) is 1. The van der Waals surface area contributed by atoms with E-state index >= 15 is 0 Å². The van der Waals surface area contributed by atoms with Crippen LogP contribution < -0.4 is 15.0 Å². The molecule has 1 N–H and O–H groups in total. The molecule has 1 amide bonds. The Morgan fingerprint density at radius 2 is 2.08 bits per heavy atom. The molecular formula is C18H17ClFN3O2S. The van der Waals surface area contributed by atoms with Crippen LogP contribution in [-0.2, 0) is 4.79 Å². The van der Waals surface area contributed by atoms with Gasteiger partial charge in [0.05, 0.1) is 22.8 Å². The fourth-order valence-corrected chi connectivity index (χ4v) is 3.52. The smallest absolute Gasteiger partial charge is 0.239 e. The van der Waals surface area contributed by atoms with Crippen LogP contribution in [-0.4, -0.2) is 37.6 Å². The van der Waals surface area contributed by atoms with E-state index in [-0.39, 0.29) is 18.3 Å². The van der Waals surface area contributed by atoms with Gasteiger partial charge in [-0.15, -0.1) is 0 Å². The number of fused-ring (bicyclic) bond motifs is 1. The maximum atomic E-state index is 12.8. The van der Waals surface area contributed by atoms with Crippen LogP contribution in [0, 0.1) is 5.82 Å². The Kier molecular flexibility index (Phi) is 5.90. The van der Waals surface area contributed by atoms with Crippen molar-refractivity contribution in [1.82, 2.24) is 10.3 Å². The Bertz CT molecular complexity index is 901. The number of anilines is 1. The first kappa shape index (κ1) is 18.4. The van der Waals surface area contributed by atoms with Crippen molar-refractivity contribution in [3.8, 4) is 5.75 Å². The van der Waals surface area contributed by atoms with Gasteiger partial charge in [-0.25, -0.2) is 9.37 Å². The van der Waals surface area contributed by atoms with Gasteiger partial charge in [0.1, 0.15) is 23.7 Å². The first-order valence-electron chi connectivity index (χ1n) is 7.94. The molecule has 0 spiro atoms. The molecule has 0 saturated carbocycles. The van der Waals surface area contributed by atoms with Crippen LogP contribution in [0.3, 0.4) is 0 Å². The van der Waals surface area contributed by atoms with Gasteiger partial charge in [-0.2, -0.15) is 0 Å². The van der Waals surface area contributed by atoms with E-state index in [1.807, 2.05) is 12.1 Å². The molecule has 1 heterocycles.